The number of carbonyl (C=O) groups excluding carboxylic acids is 2. The van der Waals surface area contributed by atoms with E-state index in [9.17, 15) is 9.59 Å². The van der Waals surface area contributed by atoms with Crippen LogP contribution in [0.1, 0.15) is 13.8 Å². The molecule has 1 atom stereocenters. The molecule has 1 N–H and O–H groups in total. The van der Waals surface area contributed by atoms with Crippen molar-refractivity contribution in [3.8, 4) is 0 Å². The number of hydroxylamine groups is 2. The van der Waals surface area contributed by atoms with Crippen LogP contribution in [0, 0.1) is 0 Å². The minimum absolute atomic E-state index is 0.323. The van der Waals surface area contributed by atoms with Gasteiger partial charge in [0.2, 0.25) is 0 Å². The van der Waals surface area contributed by atoms with Crippen LogP contribution in [-0.4, -0.2) is 49.3 Å². The number of esters is 1. The van der Waals surface area contributed by atoms with Crippen LogP contribution in [0.25, 0.3) is 0 Å². The second-order valence-corrected chi connectivity index (χ2v) is 3.20. The second-order valence-electron chi connectivity index (χ2n) is 3.20. The fourth-order valence-electron chi connectivity index (χ4n) is 1.40. The van der Waals surface area contributed by atoms with Crippen molar-refractivity contribution in [2.45, 2.75) is 19.9 Å². The molecule has 1 unspecified atom stereocenters. The number of nitrogens with one attached hydrogen (secondary N) is 1. The number of carbonyl (C=O) groups is 2. The zero-order chi connectivity index (χ0) is 11.3. The molecular weight excluding hydrogens is 200 g/mol. The molecule has 0 aliphatic carbocycles. The third-order valence-corrected chi connectivity index (χ3v) is 2.00. The molecule has 15 heavy (non-hydrogen) atoms. The summed E-state index contributed by atoms with van der Waals surface area (Å²) in [6.07, 6.45) is 0. The summed E-state index contributed by atoms with van der Waals surface area (Å²) >= 11 is 0. The molecule has 0 amide bonds. The molecule has 0 aromatic carbocycles. The summed E-state index contributed by atoms with van der Waals surface area (Å²) in [7, 11) is 0. The lowest BCUT2D eigenvalue weighted by atomic mass is 10.2. The highest BCUT2D eigenvalue weighted by Crippen LogP contribution is 2.06. The van der Waals surface area contributed by atoms with Crippen molar-refractivity contribution in [1.29, 1.82) is 0 Å². The molecule has 0 aromatic heterocycles. The average molecular weight is 216 g/mol. The summed E-state index contributed by atoms with van der Waals surface area (Å²) in [5, 5.41) is 4.42. The van der Waals surface area contributed by atoms with Crippen molar-refractivity contribution in [1.82, 2.24) is 10.4 Å². The van der Waals surface area contributed by atoms with Crippen LogP contribution in [0.5, 0.6) is 0 Å². The first-order chi connectivity index (χ1) is 7.15. The Labute approximate surface area is 88.5 Å². The third kappa shape index (κ3) is 3.49. The summed E-state index contributed by atoms with van der Waals surface area (Å²) in [4.78, 5) is 27.2. The van der Waals surface area contributed by atoms with E-state index in [0.29, 0.717) is 26.2 Å². The maximum Gasteiger partial charge on any atom is 0.328 e. The Morgan fingerprint density at radius 1 is 1.53 bits per heavy atom. The fourth-order valence-corrected chi connectivity index (χ4v) is 1.40. The predicted molar refractivity (Wildman–Crippen MR) is 51.8 cm³/mol. The van der Waals surface area contributed by atoms with Gasteiger partial charge < -0.3 is 14.9 Å². The zero-order valence-corrected chi connectivity index (χ0v) is 8.99. The van der Waals surface area contributed by atoms with Crippen LogP contribution in [0.3, 0.4) is 0 Å². The summed E-state index contributed by atoms with van der Waals surface area (Å²) < 4.78 is 4.88. The van der Waals surface area contributed by atoms with E-state index >= 15 is 0 Å². The number of nitrogens with zero attached hydrogens (tertiary/aromatic N) is 1. The van der Waals surface area contributed by atoms with E-state index in [4.69, 9.17) is 9.57 Å². The van der Waals surface area contributed by atoms with E-state index in [-0.39, 0.29) is 5.97 Å². The molecule has 0 bridgehead atoms. The minimum atomic E-state index is -0.539. The van der Waals surface area contributed by atoms with Gasteiger partial charge in [0.25, 0.3) is 0 Å². The highest BCUT2D eigenvalue weighted by Gasteiger charge is 2.32. The molecule has 86 valence electrons. The zero-order valence-electron chi connectivity index (χ0n) is 8.99. The van der Waals surface area contributed by atoms with Gasteiger partial charge in [-0.25, -0.2) is 0 Å². The van der Waals surface area contributed by atoms with E-state index in [1.165, 1.54) is 12.0 Å². The minimum Gasteiger partial charge on any atom is -0.465 e. The summed E-state index contributed by atoms with van der Waals surface area (Å²) in [5.41, 5.74) is 0. The van der Waals surface area contributed by atoms with Gasteiger partial charge in [-0.05, 0) is 6.92 Å². The maximum absolute atomic E-state index is 11.5. The van der Waals surface area contributed by atoms with Gasteiger partial charge in [-0.1, -0.05) is 0 Å². The molecule has 1 rings (SSSR count). The van der Waals surface area contributed by atoms with Gasteiger partial charge in [-0.3, -0.25) is 9.59 Å². The van der Waals surface area contributed by atoms with Crippen molar-refractivity contribution >= 4 is 11.9 Å². The second kappa shape index (κ2) is 5.67. The Morgan fingerprint density at radius 3 is 2.87 bits per heavy atom. The number of piperazine rings is 1. The number of rotatable bonds is 3. The van der Waals surface area contributed by atoms with Gasteiger partial charge in [0.05, 0.1) is 6.61 Å². The van der Waals surface area contributed by atoms with Crippen LogP contribution < -0.4 is 5.32 Å². The van der Waals surface area contributed by atoms with E-state index in [1.54, 1.807) is 6.92 Å². The van der Waals surface area contributed by atoms with E-state index in [1.807, 2.05) is 0 Å². The Balaban J connectivity index is 2.56. The van der Waals surface area contributed by atoms with Crippen LogP contribution >= 0.6 is 0 Å². The van der Waals surface area contributed by atoms with E-state index in [0.717, 1.165) is 0 Å². The third-order valence-electron chi connectivity index (χ3n) is 2.00. The highest BCUT2D eigenvalue weighted by molar-refractivity contribution is 5.76. The molecule has 1 aliphatic rings. The molecule has 1 fully saturated rings. The topological polar surface area (TPSA) is 67.9 Å². The van der Waals surface area contributed by atoms with Gasteiger partial charge in [-0.15, -0.1) is 5.06 Å². The standard InChI is InChI=1S/C9H16N2O4/c1-3-14-9(13)8-6-10-4-5-11(8)15-7(2)12/h8,10H,3-6H2,1-2H3. The Kier molecular flexibility index (Phi) is 4.51. The molecule has 1 heterocycles. The average Bonchev–Trinajstić information content (AvgIpc) is 2.18. The first kappa shape index (κ1) is 11.9. The van der Waals surface area contributed by atoms with Crippen LogP contribution in [0.4, 0.5) is 0 Å². The Bertz CT molecular complexity index is 244. The van der Waals surface area contributed by atoms with Crippen LogP contribution in [-0.2, 0) is 19.2 Å². The van der Waals surface area contributed by atoms with Gasteiger partial charge in [0, 0.05) is 26.6 Å². The lowest BCUT2D eigenvalue weighted by molar-refractivity contribution is -0.209. The largest absolute Gasteiger partial charge is 0.465 e. The lowest BCUT2D eigenvalue weighted by Crippen LogP contribution is -2.55. The smallest absolute Gasteiger partial charge is 0.328 e. The number of hydrogen-bond acceptors (Lipinski definition) is 6. The van der Waals surface area contributed by atoms with Crippen molar-refractivity contribution in [3.05, 3.63) is 0 Å². The lowest BCUT2D eigenvalue weighted by Gasteiger charge is -2.32. The molecule has 0 spiro atoms. The summed E-state index contributed by atoms with van der Waals surface area (Å²) in [5.74, 6) is -0.794. The molecule has 0 saturated carbocycles. The first-order valence-electron chi connectivity index (χ1n) is 4.97. The molecule has 6 nitrogen and oxygen atoms in total. The Hall–Kier alpha value is -1.14. The SMILES string of the molecule is CCOC(=O)C1CNCCN1OC(C)=O. The summed E-state index contributed by atoms with van der Waals surface area (Å²) in [6.45, 7) is 4.98. The van der Waals surface area contributed by atoms with Crippen molar-refractivity contribution in [3.63, 3.8) is 0 Å². The predicted octanol–water partition coefficient (Wildman–Crippen LogP) is -0.699. The van der Waals surface area contributed by atoms with Crippen molar-refractivity contribution in [2.75, 3.05) is 26.2 Å². The molecule has 6 heteroatoms. The first-order valence-corrected chi connectivity index (χ1v) is 4.97. The fraction of sp³-hybridized carbons (Fsp3) is 0.778. The van der Waals surface area contributed by atoms with Crippen LogP contribution in [0.15, 0.2) is 0 Å². The van der Waals surface area contributed by atoms with E-state index in [2.05, 4.69) is 5.32 Å². The van der Waals surface area contributed by atoms with E-state index < -0.39 is 12.0 Å². The van der Waals surface area contributed by atoms with Gasteiger partial charge in [-0.2, -0.15) is 0 Å². The maximum atomic E-state index is 11.5. The highest BCUT2D eigenvalue weighted by atomic mass is 16.7. The van der Waals surface area contributed by atoms with Crippen LogP contribution in [0.2, 0.25) is 0 Å². The molecular formula is C9H16N2O4. The molecule has 0 radical (unpaired) electrons. The van der Waals surface area contributed by atoms with Gasteiger partial charge >= 0.3 is 11.9 Å². The Morgan fingerprint density at radius 2 is 2.27 bits per heavy atom. The number of ether oxygens (including phenoxy) is 1. The molecule has 1 aliphatic heterocycles. The summed E-state index contributed by atoms with van der Waals surface area (Å²) in [6, 6.07) is -0.539. The normalized spacial score (nSPS) is 22.1. The van der Waals surface area contributed by atoms with Gasteiger partial charge in [0.1, 0.15) is 0 Å². The quantitative estimate of drug-likeness (QED) is 0.629. The monoisotopic (exact) mass is 216 g/mol. The number of hydrogen-bond donors (Lipinski definition) is 1. The van der Waals surface area contributed by atoms with Gasteiger partial charge in [0.15, 0.2) is 6.04 Å². The molecule has 0 aromatic rings. The van der Waals surface area contributed by atoms with Crippen molar-refractivity contribution < 1.29 is 19.2 Å². The molecule has 1 saturated heterocycles. The van der Waals surface area contributed by atoms with Crippen molar-refractivity contribution in [2.24, 2.45) is 0 Å².